The average Bonchev–Trinajstić information content (AvgIpc) is 2.84. The Hall–Kier alpha value is -1.55. The van der Waals surface area contributed by atoms with Crippen molar-refractivity contribution in [2.24, 2.45) is 0 Å². The standard InChI is InChI=1S/C11H13N3O/c15-9-3-4-14(6-9)8-1-2-10-11(5-8)13-7-12-10/h1-2,5,7,9,15H,3-4,6H2,(H,12,13). The molecule has 2 aromatic rings. The van der Waals surface area contributed by atoms with Gasteiger partial charge in [-0.15, -0.1) is 0 Å². The summed E-state index contributed by atoms with van der Waals surface area (Å²) in [5.74, 6) is 0. The number of hydrogen-bond acceptors (Lipinski definition) is 3. The molecule has 1 aromatic carbocycles. The van der Waals surface area contributed by atoms with E-state index in [1.54, 1.807) is 6.33 Å². The smallest absolute Gasteiger partial charge is 0.0931 e. The van der Waals surface area contributed by atoms with Gasteiger partial charge in [-0.05, 0) is 24.6 Å². The molecule has 4 heteroatoms. The molecule has 0 spiro atoms. The van der Waals surface area contributed by atoms with Crippen molar-refractivity contribution in [1.29, 1.82) is 0 Å². The first-order chi connectivity index (χ1) is 7.33. The summed E-state index contributed by atoms with van der Waals surface area (Å²) in [6.45, 7) is 1.67. The zero-order valence-corrected chi connectivity index (χ0v) is 8.35. The SMILES string of the molecule is OC1CCN(c2ccc3nc[nH]c3c2)C1. The van der Waals surface area contributed by atoms with Crippen LogP contribution in [0.2, 0.25) is 0 Å². The highest BCUT2D eigenvalue weighted by Crippen LogP contribution is 2.23. The summed E-state index contributed by atoms with van der Waals surface area (Å²) in [6.07, 6.45) is 2.39. The van der Waals surface area contributed by atoms with Crippen molar-refractivity contribution in [1.82, 2.24) is 9.97 Å². The first-order valence-electron chi connectivity index (χ1n) is 5.19. The van der Waals surface area contributed by atoms with Gasteiger partial charge in [-0.1, -0.05) is 0 Å². The van der Waals surface area contributed by atoms with Gasteiger partial charge in [-0.2, -0.15) is 0 Å². The van der Waals surface area contributed by atoms with Crippen LogP contribution in [0.1, 0.15) is 6.42 Å². The predicted octanol–water partition coefficient (Wildman–Crippen LogP) is 1.13. The van der Waals surface area contributed by atoms with Crippen LogP contribution in [0.4, 0.5) is 5.69 Å². The van der Waals surface area contributed by atoms with Crippen LogP contribution in [-0.4, -0.2) is 34.3 Å². The Labute approximate surface area is 87.5 Å². The maximum atomic E-state index is 9.47. The van der Waals surface area contributed by atoms with Gasteiger partial charge in [0.1, 0.15) is 0 Å². The van der Waals surface area contributed by atoms with Gasteiger partial charge in [-0.25, -0.2) is 4.98 Å². The summed E-state index contributed by atoms with van der Waals surface area (Å²) in [4.78, 5) is 9.47. The number of anilines is 1. The molecule has 4 nitrogen and oxygen atoms in total. The summed E-state index contributed by atoms with van der Waals surface area (Å²) in [5, 5.41) is 9.47. The molecule has 0 aliphatic carbocycles. The molecule has 2 N–H and O–H groups in total. The van der Waals surface area contributed by atoms with E-state index < -0.39 is 0 Å². The van der Waals surface area contributed by atoms with E-state index in [1.165, 1.54) is 0 Å². The van der Waals surface area contributed by atoms with Crippen LogP contribution in [0.15, 0.2) is 24.5 Å². The molecule has 0 radical (unpaired) electrons. The van der Waals surface area contributed by atoms with Crippen molar-refractivity contribution in [3.63, 3.8) is 0 Å². The van der Waals surface area contributed by atoms with Gasteiger partial charge in [0.15, 0.2) is 0 Å². The second-order valence-electron chi connectivity index (χ2n) is 3.99. The van der Waals surface area contributed by atoms with Crippen molar-refractivity contribution < 1.29 is 5.11 Å². The third-order valence-electron chi connectivity index (χ3n) is 2.93. The largest absolute Gasteiger partial charge is 0.391 e. The van der Waals surface area contributed by atoms with E-state index in [4.69, 9.17) is 0 Å². The van der Waals surface area contributed by atoms with Crippen molar-refractivity contribution in [2.45, 2.75) is 12.5 Å². The number of nitrogens with zero attached hydrogens (tertiary/aromatic N) is 2. The highest BCUT2D eigenvalue weighted by Gasteiger charge is 2.20. The lowest BCUT2D eigenvalue weighted by atomic mass is 10.2. The van der Waals surface area contributed by atoms with Crippen LogP contribution < -0.4 is 4.90 Å². The van der Waals surface area contributed by atoms with E-state index in [-0.39, 0.29) is 6.10 Å². The number of nitrogens with one attached hydrogen (secondary N) is 1. The Kier molecular flexibility index (Phi) is 1.89. The Bertz CT molecular complexity index is 479. The monoisotopic (exact) mass is 203 g/mol. The van der Waals surface area contributed by atoms with E-state index in [1.807, 2.05) is 6.07 Å². The molecule has 1 aliphatic heterocycles. The van der Waals surface area contributed by atoms with E-state index in [9.17, 15) is 5.11 Å². The Morgan fingerprint density at radius 1 is 1.47 bits per heavy atom. The minimum atomic E-state index is -0.178. The molecule has 1 atom stereocenters. The maximum absolute atomic E-state index is 9.47. The molecule has 78 valence electrons. The van der Waals surface area contributed by atoms with Crippen LogP contribution >= 0.6 is 0 Å². The molecule has 1 aromatic heterocycles. The minimum absolute atomic E-state index is 0.178. The topological polar surface area (TPSA) is 52.1 Å². The number of imidazole rings is 1. The van der Waals surface area contributed by atoms with Gasteiger partial charge in [0, 0.05) is 18.8 Å². The molecule has 15 heavy (non-hydrogen) atoms. The van der Waals surface area contributed by atoms with Gasteiger partial charge in [0.2, 0.25) is 0 Å². The zero-order valence-electron chi connectivity index (χ0n) is 8.35. The summed E-state index contributed by atoms with van der Waals surface area (Å²) in [6, 6.07) is 6.15. The fourth-order valence-corrected chi connectivity index (χ4v) is 2.10. The van der Waals surface area contributed by atoms with Gasteiger partial charge in [0.25, 0.3) is 0 Å². The number of benzene rings is 1. The first kappa shape index (κ1) is 8.73. The number of aliphatic hydroxyl groups excluding tert-OH is 1. The lowest BCUT2D eigenvalue weighted by Gasteiger charge is -2.17. The summed E-state index contributed by atoms with van der Waals surface area (Å²) in [5.41, 5.74) is 3.19. The van der Waals surface area contributed by atoms with Crippen molar-refractivity contribution in [2.75, 3.05) is 18.0 Å². The molecule has 1 unspecified atom stereocenters. The number of aromatic amines is 1. The minimum Gasteiger partial charge on any atom is -0.391 e. The van der Waals surface area contributed by atoms with Crippen molar-refractivity contribution >= 4 is 16.7 Å². The Balaban J connectivity index is 1.97. The number of fused-ring (bicyclic) bond motifs is 1. The van der Waals surface area contributed by atoms with Crippen LogP contribution in [0.25, 0.3) is 11.0 Å². The summed E-state index contributed by atoms with van der Waals surface area (Å²) < 4.78 is 0. The Morgan fingerprint density at radius 2 is 2.40 bits per heavy atom. The second kappa shape index (κ2) is 3.24. The van der Waals surface area contributed by atoms with Gasteiger partial charge in [-0.3, -0.25) is 0 Å². The molecule has 1 saturated heterocycles. The van der Waals surface area contributed by atoms with E-state index >= 15 is 0 Å². The quantitative estimate of drug-likeness (QED) is 0.730. The van der Waals surface area contributed by atoms with Gasteiger partial charge < -0.3 is 15.0 Å². The van der Waals surface area contributed by atoms with Gasteiger partial charge in [0.05, 0.1) is 23.5 Å². The van der Waals surface area contributed by atoms with Crippen LogP contribution in [0, 0.1) is 0 Å². The van der Waals surface area contributed by atoms with E-state index in [2.05, 4.69) is 27.0 Å². The third kappa shape index (κ3) is 1.47. The number of aliphatic hydroxyl groups is 1. The molecular weight excluding hydrogens is 190 g/mol. The van der Waals surface area contributed by atoms with Crippen LogP contribution in [0.5, 0.6) is 0 Å². The number of β-amino-alcohol motifs (C(OH)–C–C–N with tert-alkyl or cyclic N) is 1. The third-order valence-corrected chi connectivity index (χ3v) is 2.93. The molecule has 0 amide bonds. The number of H-pyrrole nitrogens is 1. The zero-order chi connectivity index (χ0) is 10.3. The molecule has 0 bridgehead atoms. The molecule has 1 aliphatic rings. The maximum Gasteiger partial charge on any atom is 0.0931 e. The van der Waals surface area contributed by atoms with E-state index in [0.717, 1.165) is 36.2 Å². The fraction of sp³-hybridized carbons (Fsp3) is 0.364. The normalized spacial score (nSPS) is 21.4. The van der Waals surface area contributed by atoms with Crippen molar-refractivity contribution in [3.05, 3.63) is 24.5 Å². The molecular formula is C11H13N3O. The lowest BCUT2D eigenvalue weighted by molar-refractivity contribution is 0.198. The fourth-order valence-electron chi connectivity index (χ4n) is 2.10. The highest BCUT2D eigenvalue weighted by molar-refractivity contribution is 5.79. The van der Waals surface area contributed by atoms with Crippen LogP contribution in [-0.2, 0) is 0 Å². The van der Waals surface area contributed by atoms with Crippen molar-refractivity contribution in [3.8, 4) is 0 Å². The molecule has 2 heterocycles. The summed E-state index contributed by atoms with van der Waals surface area (Å²) in [7, 11) is 0. The second-order valence-corrected chi connectivity index (χ2v) is 3.99. The molecule has 0 saturated carbocycles. The van der Waals surface area contributed by atoms with E-state index in [0.29, 0.717) is 0 Å². The molecule has 3 rings (SSSR count). The first-order valence-corrected chi connectivity index (χ1v) is 5.19. The predicted molar refractivity (Wildman–Crippen MR) is 58.9 cm³/mol. The highest BCUT2D eigenvalue weighted by atomic mass is 16.3. The Morgan fingerprint density at radius 3 is 3.20 bits per heavy atom. The summed E-state index contributed by atoms with van der Waals surface area (Å²) >= 11 is 0. The number of aromatic nitrogens is 2. The van der Waals surface area contributed by atoms with Crippen LogP contribution in [0.3, 0.4) is 0 Å². The number of hydrogen-bond donors (Lipinski definition) is 2. The average molecular weight is 203 g/mol. The number of rotatable bonds is 1. The molecule has 1 fully saturated rings. The lowest BCUT2D eigenvalue weighted by Crippen LogP contribution is -2.20. The van der Waals surface area contributed by atoms with Gasteiger partial charge >= 0.3 is 0 Å².